The van der Waals surface area contributed by atoms with Crippen molar-refractivity contribution in [3.8, 4) is 17.2 Å². The number of carbonyl (C=O) groups is 1. The highest BCUT2D eigenvalue weighted by Crippen LogP contribution is 2.34. The zero-order valence-electron chi connectivity index (χ0n) is 12.3. The highest BCUT2D eigenvalue weighted by Gasteiger charge is 2.21. The van der Waals surface area contributed by atoms with E-state index in [0.717, 1.165) is 5.56 Å². The Morgan fingerprint density at radius 2 is 1.52 bits per heavy atom. The van der Waals surface area contributed by atoms with E-state index in [1.807, 2.05) is 20.8 Å². The van der Waals surface area contributed by atoms with Crippen molar-refractivity contribution in [3.63, 3.8) is 0 Å². The van der Waals surface area contributed by atoms with Gasteiger partial charge in [0.2, 0.25) is 0 Å². The van der Waals surface area contributed by atoms with E-state index in [-0.39, 0.29) is 16.9 Å². The third kappa shape index (κ3) is 3.54. The van der Waals surface area contributed by atoms with Gasteiger partial charge in [0.1, 0.15) is 17.2 Å². The molecule has 0 aromatic heterocycles. The van der Waals surface area contributed by atoms with Crippen LogP contribution in [0.15, 0.2) is 42.5 Å². The van der Waals surface area contributed by atoms with Gasteiger partial charge in [-0.2, -0.15) is 0 Å². The fourth-order valence-electron chi connectivity index (χ4n) is 1.95. The van der Waals surface area contributed by atoms with Crippen molar-refractivity contribution in [3.05, 3.63) is 53.6 Å². The molecule has 0 saturated carbocycles. The number of hydrogen-bond donors (Lipinski definition) is 2. The summed E-state index contributed by atoms with van der Waals surface area (Å²) in [6.45, 7) is 5.92. The third-order valence-electron chi connectivity index (χ3n) is 3.08. The molecule has 0 spiro atoms. The summed E-state index contributed by atoms with van der Waals surface area (Å²) in [5.74, 6) is 0.125. The minimum atomic E-state index is -0.508. The molecule has 110 valence electrons. The second-order valence-electron chi connectivity index (χ2n) is 5.87. The molecule has 0 amide bonds. The monoisotopic (exact) mass is 286 g/mol. The van der Waals surface area contributed by atoms with E-state index >= 15 is 0 Å². The van der Waals surface area contributed by atoms with E-state index in [1.54, 1.807) is 12.1 Å². The van der Waals surface area contributed by atoms with Crippen LogP contribution in [-0.4, -0.2) is 16.2 Å². The van der Waals surface area contributed by atoms with Gasteiger partial charge in [-0.1, -0.05) is 20.8 Å². The van der Waals surface area contributed by atoms with Crippen molar-refractivity contribution in [1.29, 1.82) is 0 Å². The zero-order chi connectivity index (χ0) is 15.6. The molecule has 0 aliphatic carbocycles. The molecular weight excluding hydrogens is 268 g/mol. The van der Waals surface area contributed by atoms with Crippen molar-refractivity contribution in [2.24, 2.45) is 0 Å². The fraction of sp³-hybridized carbons (Fsp3) is 0.235. The first-order valence-electron chi connectivity index (χ1n) is 6.62. The predicted octanol–water partition coefficient (Wildman–Crippen LogP) is 3.61. The van der Waals surface area contributed by atoms with Crippen molar-refractivity contribution < 1.29 is 19.7 Å². The largest absolute Gasteiger partial charge is 0.508 e. The first-order valence-corrected chi connectivity index (χ1v) is 6.62. The maximum Gasteiger partial charge on any atom is 0.343 e. The van der Waals surface area contributed by atoms with Gasteiger partial charge >= 0.3 is 5.97 Å². The third-order valence-corrected chi connectivity index (χ3v) is 3.08. The summed E-state index contributed by atoms with van der Waals surface area (Å²) >= 11 is 0. The summed E-state index contributed by atoms with van der Waals surface area (Å²) in [6, 6.07) is 10.5. The van der Waals surface area contributed by atoms with E-state index in [2.05, 4.69) is 0 Å². The molecule has 2 aromatic rings. The van der Waals surface area contributed by atoms with Gasteiger partial charge in [-0.05, 0) is 47.9 Å². The quantitative estimate of drug-likeness (QED) is 0.653. The summed E-state index contributed by atoms with van der Waals surface area (Å²) in [7, 11) is 0. The highest BCUT2D eigenvalue weighted by molar-refractivity contribution is 5.91. The van der Waals surface area contributed by atoms with E-state index in [0.29, 0.717) is 11.3 Å². The zero-order valence-corrected chi connectivity index (χ0v) is 12.3. The summed E-state index contributed by atoms with van der Waals surface area (Å²) in [4.78, 5) is 12.1. The molecule has 2 N–H and O–H groups in total. The normalized spacial score (nSPS) is 11.2. The Bertz CT molecular complexity index is 651. The van der Waals surface area contributed by atoms with Gasteiger partial charge in [-0.25, -0.2) is 4.79 Å². The first-order chi connectivity index (χ1) is 9.77. The molecule has 0 heterocycles. The molecule has 2 rings (SSSR count). The Labute approximate surface area is 123 Å². The maximum atomic E-state index is 12.1. The lowest BCUT2D eigenvalue weighted by atomic mass is 9.86. The Balaban J connectivity index is 2.31. The molecule has 0 aliphatic rings. The summed E-state index contributed by atoms with van der Waals surface area (Å²) in [5.41, 5.74) is 0.818. The van der Waals surface area contributed by atoms with Crippen LogP contribution in [0, 0.1) is 0 Å². The predicted molar refractivity (Wildman–Crippen MR) is 79.9 cm³/mol. The van der Waals surface area contributed by atoms with Crippen LogP contribution in [0.4, 0.5) is 0 Å². The van der Waals surface area contributed by atoms with Crippen LogP contribution < -0.4 is 4.74 Å². The standard InChI is InChI=1S/C17H18O4/c1-17(2,3)14-10-13(19)8-9-15(14)21-16(20)11-4-6-12(18)7-5-11/h4-10,18-19H,1-3H3. The number of carbonyl (C=O) groups excluding carboxylic acids is 1. The smallest absolute Gasteiger partial charge is 0.343 e. The Morgan fingerprint density at radius 3 is 2.10 bits per heavy atom. The number of esters is 1. The number of hydrogen-bond acceptors (Lipinski definition) is 4. The molecule has 21 heavy (non-hydrogen) atoms. The van der Waals surface area contributed by atoms with Crippen molar-refractivity contribution in [2.75, 3.05) is 0 Å². The first kappa shape index (κ1) is 14.9. The molecule has 4 nitrogen and oxygen atoms in total. The van der Waals surface area contributed by atoms with E-state index in [4.69, 9.17) is 4.74 Å². The van der Waals surface area contributed by atoms with E-state index in [1.165, 1.54) is 30.3 Å². The number of phenolic OH excluding ortho intramolecular Hbond substituents is 2. The average molecular weight is 286 g/mol. The van der Waals surface area contributed by atoms with E-state index < -0.39 is 5.97 Å². The summed E-state index contributed by atoms with van der Waals surface area (Å²) < 4.78 is 5.42. The number of ether oxygens (including phenoxy) is 1. The molecular formula is C17H18O4. The lowest BCUT2D eigenvalue weighted by Crippen LogP contribution is -2.16. The van der Waals surface area contributed by atoms with Crippen LogP contribution in [0.3, 0.4) is 0 Å². The second kappa shape index (κ2) is 5.48. The van der Waals surface area contributed by atoms with Gasteiger partial charge in [0.15, 0.2) is 0 Å². The second-order valence-corrected chi connectivity index (χ2v) is 5.87. The molecule has 0 radical (unpaired) electrons. The molecule has 0 aliphatic heterocycles. The fourth-order valence-corrected chi connectivity index (χ4v) is 1.95. The molecule has 0 bridgehead atoms. The molecule has 2 aromatic carbocycles. The summed E-state index contributed by atoms with van der Waals surface area (Å²) in [5, 5.41) is 18.8. The maximum absolute atomic E-state index is 12.1. The minimum Gasteiger partial charge on any atom is -0.508 e. The van der Waals surface area contributed by atoms with Crippen LogP contribution >= 0.6 is 0 Å². The van der Waals surface area contributed by atoms with Gasteiger partial charge in [-0.3, -0.25) is 0 Å². The van der Waals surface area contributed by atoms with Crippen LogP contribution in [0.5, 0.6) is 17.2 Å². The van der Waals surface area contributed by atoms with Crippen LogP contribution in [-0.2, 0) is 5.41 Å². The Kier molecular flexibility index (Phi) is 3.89. The number of benzene rings is 2. The lowest BCUT2D eigenvalue weighted by molar-refractivity contribution is 0.0731. The van der Waals surface area contributed by atoms with Crippen LogP contribution in [0.1, 0.15) is 36.7 Å². The minimum absolute atomic E-state index is 0.0894. The number of rotatable bonds is 2. The van der Waals surface area contributed by atoms with Crippen molar-refractivity contribution in [2.45, 2.75) is 26.2 Å². The van der Waals surface area contributed by atoms with Crippen LogP contribution in [0.2, 0.25) is 0 Å². The lowest BCUT2D eigenvalue weighted by Gasteiger charge is -2.22. The SMILES string of the molecule is CC(C)(C)c1cc(O)ccc1OC(=O)c1ccc(O)cc1. The van der Waals surface area contributed by atoms with Gasteiger partial charge in [0.05, 0.1) is 5.56 Å². The molecule has 0 unspecified atom stereocenters. The van der Waals surface area contributed by atoms with E-state index in [9.17, 15) is 15.0 Å². The molecule has 0 atom stereocenters. The molecule has 0 saturated heterocycles. The van der Waals surface area contributed by atoms with Crippen molar-refractivity contribution >= 4 is 5.97 Å². The van der Waals surface area contributed by atoms with Gasteiger partial charge in [-0.15, -0.1) is 0 Å². The number of phenols is 2. The van der Waals surface area contributed by atoms with Gasteiger partial charge in [0.25, 0.3) is 0 Å². The topological polar surface area (TPSA) is 66.8 Å². The Hall–Kier alpha value is -2.49. The summed E-state index contributed by atoms with van der Waals surface area (Å²) in [6.07, 6.45) is 0. The Morgan fingerprint density at radius 1 is 0.952 bits per heavy atom. The molecule has 0 fully saturated rings. The average Bonchev–Trinajstić information content (AvgIpc) is 2.40. The number of aromatic hydroxyl groups is 2. The van der Waals surface area contributed by atoms with Gasteiger partial charge < -0.3 is 14.9 Å². The van der Waals surface area contributed by atoms with Gasteiger partial charge in [0, 0.05) is 5.56 Å². The van der Waals surface area contributed by atoms with Crippen molar-refractivity contribution in [1.82, 2.24) is 0 Å². The van der Waals surface area contributed by atoms with Crippen LogP contribution in [0.25, 0.3) is 0 Å². The highest BCUT2D eigenvalue weighted by atomic mass is 16.5. The molecule has 4 heteroatoms.